The van der Waals surface area contributed by atoms with Crippen molar-refractivity contribution in [2.45, 2.75) is 0 Å². The maximum absolute atomic E-state index is 8.63. The van der Waals surface area contributed by atoms with E-state index in [1.165, 1.54) is 6.21 Å². The lowest BCUT2D eigenvalue weighted by molar-refractivity contribution is 0.197. The van der Waals surface area contributed by atoms with Crippen LogP contribution in [0.5, 0.6) is 11.5 Å². The van der Waals surface area contributed by atoms with E-state index in [1.807, 2.05) is 24.3 Å². The standard InChI is InChI=1S/C20H23Cl2N3O3/c1-27-19-13-15(14-23-26)5-6-18(19)28-12-11-24-7-9-25(10-8-24)17-4-2-3-16(21)20(17)22/h2-6,13-14,26H,7-12H2,1H3. The average molecular weight is 424 g/mol. The van der Waals surface area contributed by atoms with E-state index in [-0.39, 0.29) is 0 Å². The molecule has 0 radical (unpaired) electrons. The van der Waals surface area contributed by atoms with Gasteiger partial charge in [-0.15, -0.1) is 0 Å². The third-order valence-electron chi connectivity index (χ3n) is 4.70. The summed E-state index contributed by atoms with van der Waals surface area (Å²) < 4.78 is 11.2. The lowest BCUT2D eigenvalue weighted by Crippen LogP contribution is -2.47. The predicted molar refractivity (Wildman–Crippen MR) is 113 cm³/mol. The number of anilines is 1. The summed E-state index contributed by atoms with van der Waals surface area (Å²) in [5, 5.41) is 12.9. The Kier molecular flexibility index (Phi) is 7.25. The molecule has 150 valence electrons. The van der Waals surface area contributed by atoms with Crippen LogP contribution in [0.4, 0.5) is 5.69 Å². The zero-order valence-electron chi connectivity index (χ0n) is 15.6. The molecule has 0 saturated carbocycles. The van der Waals surface area contributed by atoms with Gasteiger partial charge in [0.15, 0.2) is 11.5 Å². The van der Waals surface area contributed by atoms with Crippen molar-refractivity contribution in [3.05, 3.63) is 52.0 Å². The number of benzene rings is 2. The van der Waals surface area contributed by atoms with E-state index in [0.717, 1.165) is 44.0 Å². The van der Waals surface area contributed by atoms with Crippen molar-refractivity contribution in [1.29, 1.82) is 0 Å². The Hall–Kier alpha value is -2.15. The molecule has 0 bridgehead atoms. The van der Waals surface area contributed by atoms with Crippen molar-refractivity contribution in [2.75, 3.05) is 51.3 Å². The molecule has 2 aromatic carbocycles. The molecular formula is C20H23Cl2N3O3. The van der Waals surface area contributed by atoms with Gasteiger partial charge in [-0.25, -0.2) is 0 Å². The fourth-order valence-electron chi connectivity index (χ4n) is 3.18. The Morgan fingerprint density at radius 3 is 2.61 bits per heavy atom. The molecule has 0 atom stereocenters. The summed E-state index contributed by atoms with van der Waals surface area (Å²) in [4.78, 5) is 4.62. The molecule has 0 aromatic heterocycles. The highest BCUT2D eigenvalue weighted by molar-refractivity contribution is 6.43. The van der Waals surface area contributed by atoms with Crippen LogP contribution in [0.25, 0.3) is 0 Å². The van der Waals surface area contributed by atoms with Crippen molar-refractivity contribution in [2.24, 2.45) is 5.16 Å². The summed E-state index contributed by atoms with van der Waals surface area (Å²) in [6.07, 6.45) is 1.35. The van der Waals surface area contributed by atoms with E-state index in [1.54, 1.807) is 19.2 Å². The molecule has 0 amide bonds. The van der Waals surface area contributed by atoms with E-state index < -0.39 is 0 Å². The molecule has 0 aliphatic carbocycles. The van der Waals surface area contributed by atoms with Crippen LogP contribution in [0.15, 0.2) is 41.6 Å². The normalized spacial score (nSPS) is 15.2. The van der Waals surface area contributed by atoms with E-state index in [2.05, 4.69) is 15.0 Å². The number of nitrogens with zero attached hydrogens (tertiary/aromatic N) is 3. The Labute approximate surface area is 174 Å². The molecule has 8 heteroatoms. The molecule has 1 saturated heterocycles. The second kappa shape index (κ2) is 9.87. The van der Waals surface area contributed by atoms with Crippen LogP contribution in [-0.4, -0.2) is 62.8 Å². The fourth-order valence-corrected chi connectivity index (χ4v) is 3.60. The number of oxime groups is 1. The van der Waals surface area contributed by atoms with Crippen LogP contribution >= 0.6 is 23.2 Å². The summed E-state index contributed by atoms with van der Waals surface area (Å²) in [6.45, 7) is 5.00. The topological polar surface area (TPSA) is 57.5 Å². The number of hydrogen-bond acceptors (Lipinski definition) is 6. The first-order valence-corrected chi connectivity index (χ1v) is 9.77. The molecule has 1 N–H and O–H groups in total. The SMILES string of the molecule is COc1cc(C=NO)ccc1OCCN1CCN(c2cccc(Cl)c2Cl)CC1. The minimum atomic E-state index is 0.557. The lowest BCUT2D eigenvalue weighted by Gasteiger charge is -2.36. The monoisotopic (exact) mass is 423 g/mol. The number of halogens is 2. The van der Waals surface area contributed by atoms with Gasteiger partial charge in [-0.05, 0) is 30.3 Å². The van der Waals surface area contributed by atoms with Crippen molar-refractivity contribution in [3.8, 4) is 11.5 Å². The van der Waals surface area contributed by atoms with Crippen molar-refractivity contribution >= 4 is 35.1 Å². The molecule has 3 rings (SSSR count). The van der Waals surface area contributed by atoms with Gasteiger partial charge < -0.3 is 19.6 Å². The summed E-state index contributed by atoms with van der Waals surface area (Å²) in [7, 11) is 1.59. The van der Waals surface area contributed by atoms with Gasteiger partial charge in [0.25, 0.3) is 0 Å². The predicted octanol–water partition coefficient (Wildman–Crippen LogP) is 4.01. The van der Waals surface area contributed by atoms with Gasteiger partial charge >= 0.3 is 0 Å². The largest absolute Gasteiger partial charge is 0.493 e. The first-order valence-electron chi connectivity index (χ1n) is 9.02. The second-order valence-electron chi connectivity index (χ2n) is 6.40. The van der Waals surface area contributed by atoms with Crippen LogP contribution in [0.3, 0.4) is 0 Å². The van der Waals surface area contributed by atoms with Crippen LogP contribution in [-0.2, 0) is 0 Å². The lowest BCUT2D eigenvalue weighted by atomic mass is 10.2. The first-order chi connectivity index (χ1) is 13.6. The summed E-state index contributed by atoms with van der Waals surface area (Å²) in [5.74, 6) is 1.28. The molecule has 2 aromatic rings. The van der Waals surface area contributed by atoms with E-state index in [9.17, 15) is 0 Å². The quantitative estimate of drug-likeness (QED) is 0.414. The van der Waals surface area contributed by atoms with Gasteiger partial charge in [0.2, 0.25) is 0 Å². The Morgan fingerprint density at radius 2 is 1.89 bits per heavy atom. The molecule has 0 spiro atoms. The van der Waals surface area contributed by atoms with E-state index >= 15 is 0 Å². The van der Waals surface area contributed by atoms with Gasteiger partial charge in [-0.2, -0.15) is 0 Å². The van der Waals surface area contributed by atoms with Crippen LogP contribution in [0, 0.1) is 0 Å². The molecule has 1 fully saturated rings. The minimum absolute atomic E-state index is 0.557. The molecule has 6 nitrogen and oxygen atoms in total. The number of rotatable bonds is 7. The Bertz CT molecular complexity index is 824. The first kappa shape index (κ1) is 20.6. The third kappa shape index (κ3) is 5.01. The number of hydrogen-bond donors (Lipinski definition) is 1. The van der Waals surface area contributed by atoms with Gasteiger partial charge in [0, 0.05) is 38.3 Å². The molecular weight excluding hydrogens is 401 g/mol. The van der Waals surface area contributed by atoms with Crippen molar-refractivity contribution < 1.29 is 14.7 Å². The maximum atomic E-state index is 8.63. The highest BCUT2D eigenvalue weighted by atomic mass is 35.5. The second-order valence-corrected chi connectivity index (χ2v) is 7.19. The van der Waals surface area contributed by atoms with E-state index in [4.69, 9.17) is 37.9 Å². The zero-order chi connectivity index (χ0) is 19.9. The van der Waals surface area contributed by atoms with Gasteiger partial charge in [0.05, 0.1) is 29.1 Å². The summed E-state index contributed by atoms with van der Waals surface area (Å²) >= 11 is 12.5. The highest BCUT2D eigenvalue weighted by Gasteiger charge is 2.19. The molecule has 1 heterocycles. The Balaban J connectivity index is 1.49. The minimum Gasteiger partial charge on any atom is -0.493 e. The third-order valence-corrected chi connectivity index (χ3v) is 5.51. The number of ether oxygens (including phenoxy) is 2. The molecule has 1 aliphatic rings. The van der Waals surface area contributed by atoms with E-state index in [0.29, 0.717) is 28.2 Å². The van der Waals surface area contributed by atoms with Gasteiger partial charge in [0.1, 0.15) is 6.61 Å². The molecule has 1 aliphatic heterocycles. The smallest absolute Gasteiger partial charge is 0.161 e. The number of piperazine rings is 1. The van der Waals surface area contributed by atoms with Gasteiger partial charge in [-0.1, -0.05) is 34.4 Å². The molecule has 28 heavy (non-hydrogen) atoms. The van der Waals surface area contributed by atoms with Crippen LogP contribution in [0.1, 0.15) is 5.56 Å². The van der Waals surface area contributed by atoms with Crippen molar-refractivity contribution in [3.63, 3.8) is 0 Å². The zero-order valence-corrected chi connectivity index (χ0v) is 17.2. The van der Waals surface area contributed by atoms with Gasteiger partial charge in [-0.3, -0.25) is 4.90 Å². The van der Waals surface area contributed by atoms with Crippen LogP contribution < -0.4 is 14.4 Å². The van der Waals surface area contributed by atoms with Crippen molar-refractivity contribution in [1.82, 2.24) is 4.90 Å². The van der Waals surface area contributed by atoms with Crippen LogP contribution in [0.2, 0.25) is 10.0 Å². The average Bonchev–Trinajstić information content (AvgIpc) is 2.72. The highest BCUT2D eigenvalue weighted by Crippen LogP contribution is 2.33. The Morgan fingerprint density at radius 1 is 1.11 bits per heavy atom. The fraction of sp³-hybridized carbons (Fsp3) is 0.350. The molecule has 0 unspecified atom stereocenters. The maximum Gasteiger partial charge on any atom is 0.161 e. The summed E-state index contributed by atoms with van der Waals surface area (Å²) in [6, 6.07) is 11.1. The summed E-state index contributed by atoms with van der Waals surface area (Å²) in [5.41, 5.74) is 1.73. The number of methoxy groups -OCH3 is 1.